The third-order valence-corrected chi connectivity index (χ3v) is 2.88. The predicted molar refractivity (Wildman–Crippen MR) is 72.5 cm³/mol. The number of pyridine rings is 1. The fourth-order valence-corrected chi connectivity index (χ4v) is 1.83. The highest BCUT2D eigenvalue weighted by atomic mass is 79.9. The molecule has 1 heterocycles. The van der Waals surface area contributed by atoms with Crippen LogP contribution in [0, 0.1) is 0 Å². The second-order valence-electron chi connectivity index (χ2n) is 4.13. The summed E-state index contributed by atoms with van der Waals surface area (Å²) in [5.41, 5.74) is 1.26. The van der Waals surface area contributed by atoms with Crippen molar-refractivity contribution >= 4 is 15.9 Å². The van der Waals surface area contributed by atoms with Crippen LogP contribution in [0.25, 0.3) is 0 Å². The molecule has 0 fully saturated rings. The molecular formula is C14H14BrNO. The molecule has 2 aromatic rings. The van der Waals surface area contributed by atoms with Crippen molar-refractivity contribution in [3.05, 3.63) is 52.6 Å². The summed E-state index contributed by atoms with van der Waals surface area (Å²) in [6.07, 6.45) is 0. The Balaban J connectivity index is 2.21. The van der Waals surface area contributed by atoms with E-state index in [0.717, 1.165) is 10.4 Å². The second-order valence-corrected chi connectivity index (χ2v) is 4.94. The Hall–Kier alpha value is -1.35. The Morgan fingerprint density at radius 3 is 2.59 bits per heavy atom. The van der Waals surface area contributed by atoms with Crippen LogP contribution in [0.15, 0.2) is 47.1 Å². The average molecular weight is 292 g/mol. The SMILES string of the molecule is CC(C)c1cccc(Oc2cccc(Br)n2)c1. The van der Waals surface area contributed by atoms with E-state index in [-0.39, 0.29) is 0 Å². The van der Waals surface area contributed by atoms with E-state index in [1.807, 2.05) is 36.4 Å². The minimum absolute atomic E-state index is 0.494. The summed E-state index contributed by atoms with van der Waals surface area (Å²) in [6.45, 7) is 4.33. The van der Waals surface area contributed by atoms with Gasteiger partial charge >= 0.3 is 0 Å². The van der Waals surface area contributed by atoms with Crippen LogP contribution in [0.5, 0.6) is 11.6 Å². The van der Waals surface area contributed by atoms with Gasteiger partial charge in [0, 0.05) is 6.07 Å². The summed E-state index contributed by atoms with van der Waals surface area (Å²) in [5.74, 6) is 1.91. The third-order valence-electron chi connectivity index (χ3n) is 2.44. The molecule has 1 aromatic carbocycles. The number of halogens is 1. The topological polar surface area (TPSA) is 22.1 Å². The fourth-order valence-electron chi connectivity index (χ4n) is 1.50. The molecule has 0 spiro atoms. The largest absolute Gasteiger partial charge is 0.439 e. The lowest BCUT2D eigenvalue weighted by atomic mass is 10.0. The highest BCUT2D eigenvalue weighted by Gasteiger charge is 2.03. The first-order chi connectivity index (χ1) is 8.15. The van der Waals surface area contributed by atoms with Crippen molar-refractivity contribution in [3.8, 4) is 11.6 Å². The number of benzene rings is 1. The van der Waals surface area contributed by atoms with E-state index in [2.05, 4.69) is 40.8 Å². The Kier molecular flexibility index (Phi) is 3.79. The normalized spacial score (nSPS) is 10.6. The van der Waals surface area contributed by atoms with E-state index in [1.165, 1.54) is 5.56 Å². The van der Waals surface area contributed by atoms with E-state index in [9.17, 15) is 0 Å². The molecule has 0 aliphatic carbocycles. The molecule has 0 atom stereocenters. The van der Waals surface area contributed by atoms with Crippen molar-refractivity contribution in [3.63, 3.8) is 0 Å². The van der Waals surface area contributed by atoms with E-state index in [4.69, 9.17) is 4.74 Å². The number of aromatic nitrogens is 1. The number of rotatable bonds is 3. The van der Waals surface area contributed by atoms with Crippen LogP contribution in [0.3, 0.4) is 0 Å². The standard InChI is InChI=1S/C14H14BrNO/c1-10(2)11-5-3-6-12(9-11)17-14-8-4-7-13(15)16-14/h3-10H,1-2H3. The lowest BCUT2D eigenvalue weighted by molar-refractivity contribution is 0.461. The minimum Gasteiger partial charge on any atom is -0.439 e. The minimum atomic E-state index is 0.494. The highest BCUT2D eigenvalue weighted by molar-refractivity contribution is 9.10. The van der Waals surface area contributed by atoms with Gasteiger partial charge in [-0.2, -0.15) is 0 Å². The number of hydrogen-bond donors (Lipinski definition) is 0. The highest BCUT2D eigenvalue weighted by Crippen LogP contribution is 2.24. The van der Waals surface area contributed by atoms with Gasteiger partial charge in [0.15, 0.2) is 0 Å². The van der Waals surface area contributed by atoms with Crippen LogP contribution in [0.4, 0.5) is 0 Å². The molecule has 0 saturated carbocycles. The molecule has 2 nitrogen and oxygen atoms in total. The molecule has 0 saturated heterocycles. The van der Waals surface area contributed by atoms with Crippen LogP contribution < -0.4 is 4.74 Å². The predicted octanol–water partition coefficient (Wildman–Crippen LogP) is 4.76. The molecule has 88 valence electrons. The summed E-state index contributed by atoms with van der Waals surface area (Å²) in [6, 6.07) is 13.7. The van der Waals surface area contributed by atoms with Gasteiger partial charge in [-0.15, -0.1) is 0 Å². The Bertz CT molecular complexity index is 511. The molecule has 3 heteroatoms. The van der Waals surface area contributed by atoms with Gasteiger partial charge in [0.1, 0.15) is 10.4 Å². The first-order valence-electron chi connectivity index (χ1n) is 5.55. The van der Waals surface area contributed by atoms with Crippen molar-refractivity contribution in [2.24, 2.45) is 0 Å². The van der Waals surface area contributed by atoms with Crippen LogP contribution >= 0.6 is 15.9 Å². The van der Waals surface area contributed by atoms with Gasteiger partial charge in [-0.25, -0.2) is 4.98 Å². The lowest BCUT2D eigenvalue weighted by Gasteiger charge is -2.09. The zero-order chi connectivity index (χ0) is 12.3. The lowest BCUT2D eigenvalue weighted by Crippen LogP contribution is -1.91. The summed E-state index contributed by atoms with van der Waals surface area (Å²) in [5, 5.41) is 0. The molecule has 0 radical (unpaired) electrons. The van der Waals surface area contributed by atoms with Gasteiger partial charge in [0.25, 0.3) is 0 Å². The molecule has 1 aromatic heterocycles. The number of hydrogen-bond acceptors (Lipinski definition) is 2. The molecule has 17 heavy (non-hydrogen) atoms. The summed E-state index contributed by atoms with van der Waals surface area (Å²) < 4.78 is 6.48. The van der Waals surface area contributed by atoms with Crippen molar-refractivity contribution < 1.29 is 4.74 Å². The van der Waals surface area contributed by atoms with Gasteiger partial charge in [-0.3, -0.25) is 0 Å². The van der Waals surface area contributed by atoms with E-state index in [1.54, 1.807) is 0 Å². The smallest absolute Gasteiger partial charge is 0.220 e. The Labute approximate surface area is 110 Å². The summed E-state index contributed by atoms with van der Waals surface area (Å²) in [7, 11) is 0. The number of nitrogens with zero attached hydrogens (tertiary/aromatic N) is 1. The first kappa shape index (κ1) is 12.1. The zero-order valence-corrected chi connectivity index (χ0v) is 11.4. The van der Waals surface area contributed by atoms with E-state index >= 15 is 0 Å². The van der Waals surface area contributed by atoms with Gasteiger partial charge in [-0.05, 0) is 45.6 Å². The van der Waals surface area contributed by atoms with E-state index < -0.39 is 0 Å². The van der Waals surface area contributed by atoms with Gasteiger partial charge in [-0.1, -0.05) is 32.0 Å². The van der Waals surface area contributed by atoms with Gasteiger partial charge < -0.3 is 4.74 Å². The van der Waals surface area contributed by atoms with Crippen LogP contribution in [-0.2, 0) is 0 Å². The second kappa shape index (κ2) is 5.32. The maximum atomic E-state index is 5.71. The van der Waals surface area contributed by atoms with Crippen molar-refractivity contribution in [2.75, 3.05) is 0 Å². The monoisotopic (exact) mass is 291 g/mol. The average Bonchev–Trinajstić information content (AvgIpc) is 2.29. The van der Waals surface area contributed by atoms with Crippen LogP contribution in [-0.4, -0.2) is 4.98 Å². The molecule has 0 unspecified atom stereocenters. The van der Waals surface area contributed by atoms with Crippen molar-refractivity contribution in [2.45, 2.75) is 19.8 Å². The summed E-state index contributed by atoms with van der Waals surface area (Å²) >= 11 is 3.32. The molecule has 0 amide bonds. The van der Waals surface area contributed by atoms with Crippen molar-refractivity contribution in [1.29, 1.82) is 0 Å². The number of ether oxygens (including phenoxy) is 1. The van der Waals surface area contributed by atoms with Gasteiger partial charge in [0.2, 0.25) is 5.88 Å². The van der Waals surface area contributed by atoms with E-state index in [0.29, 0.717) is 11.8 Å². The molecule has 0 aliphatic rings. The molecule has 0 N–H and O–H groups in total. The zero-order valence-electron chi connectivity index (χ0n) is 9.85. The molecule has 2 rings (SSSR count). The fraction of sp³-hybridized carbons (Fsp3) is 0.214. The third kappa shape index (κ3) is 3.30. The molecule has 0 aliphatic heterocycles. The maximum absolute atomic E-state index is 5.71. The Morgan fingerprint density at radius 2 is 1.88 bits per heavy atom. The van der Waals surface area contributed by atoms with Crippen LogP contribution in [0.2, 0.25) is 0 Å². The molecule has 0 bridgehead atoms. The molecular weight excluding hydrogens is 278 g/mol. The van der Waals surface area contributed by atoms with Crippen molar-refractivity contribution in [1.82, 2.24) is 4.98 Å². The quantitative estimate of drug-likeness (QED) is 0.761. The Morgan fingerprint density at radius 1 is 1.12 bits per heavy atom. The first-order valence-corrected chi connectivity index (χ1v) is 6.35. The maximum Gasteiger partial charge on any atom is 0.220 e. The van der Waals surface area contributed by atoms with Gasteiger partial charge in [0.05, 0.1) is 0 Å². The van der Waals surface area contributed by atoms with Crippen LogP contribution in [0.1, 0.15) is 25.3 Å². The summed E-state index contributed by atoms with van der Waals surface area (Å²) in [4.78, 5) is 4.24.